The lowest BCUT2D eigenvalue weighted by atomic mass is 9.94. The minimum Gasteiger partial charge on any atom is -0.481 e. The highest BCUT2D eigenvalue weighted by Crippen LogP contribution is 2.49. The summed E-state index contributed by atoms with van der Waals surface area (Å²) in [6.45, 7) is 0.106. The molecule has 1 fully saturated rings. The molecule has 4 rings (SSSR count). The molecule has 1 N–H and O–H groups in total. The van der Waals surface area contributed by atoms with Crippen LogP contribution in [0.1, 0.15) is 34.6 Å². The molecule has 2 aliphatic rings. The van der Waals surface area contributed by atoms with E-state index in [4.69, 9.17) is 10.4 Å². The molecule has 5 nitrogen and oxygen atoms in total. The number of ether oxygens (including phenoxy) is 1. The first-order chi connectivity index (χ1) is 14.6. The van der Waals surface area contributed by atoms with Crippen LogP contribution in [-0.4, -0.2) is 24.0 Å². The van der Waals surface area contributed by atoms with Crippen molar-refractivity contribution >= 4 is 11.7 Å². The van der Waals surface area contributed by atoms with Gasteiger partial charge in [0, 0.05) is 31.1 Å². The molecule has 1 saturated carbocycles. The van der Waals surface area contributed by atoms with Gasteiger partial charge in [0.05, 0.1) is 17.2 Å². The van der Waals surface area contributed by atoms with E-state index >= 15 is 0 Å². The average Bonchev–Trinajstić information content (AvgIpc) is 3.49. The molecular weight excluding hydrogens is 423 g/mol. The van der Waals surface area contributed by atoms with Crippen LogP contribution in [0.2, 0.25) is 0 Å². The van der Waals surface area contributed by atoms with Crippen LogP contribution in [-0.2, 0) is 17.8 Å². The van der Waals surface area contributed by atoms with Crippen molar-refractivity contribution in [3.63, 3.8) is 0 Å². The Labute approximate surface area is 173 Å². The first-order valence-corrected chi connectivity index (χ1v) is 9.36. The van der Waals surface area contributed by atoms with Crippen molar-refractivity contribution < 1.29 is 36.6 Å². The Balaban J connectivity index is 1.64. The number of halogens is 5. The Morgan fingerprint density at radius 2 is 1.97 bits per heavy atom. The molecule has 1 heterocycles. The fourth-order valence-electron chi connectivity index (χ4n) is 4.02. The lowest BCUT2D eigenvalue weighted by Gasteiger charge is -2.32. The number of nitrogens with zero attached hydrogens (tertiary/aromatic N) is 2. The first kappa shape index (κ1) is 20.9. The van der Waals surface area contributed by atoms with Crippen molar-refractivity contribution in [3.8, 4) is 11.8 Å². The van der Waals surface area contributed by atoms with Crippen LogP contribution in [0.15, 0.2) is 24.3 Å². The number of alkyl halides is 3. The smallest absolute Gasteiger partial charge is 0.481 e. The van der Waals surface area contributed by atoms with Gasteiger partial charge in [-0.1, -0.05) is 12.1 Å². The van der Waals surface area contributed by atoms with Gasteiger partial charge in [0.1, 0.15) is 17.6 Å². The number of carboxylic acids is 1. The Morgan fingerprint density at radius 1 is 1.23 bits per heavy atom. The van der Waals surface area contributed by atoms with Crippen molar-refractivity contribution in [1.29, 1.82) is 5.26 Å². The molecule has 0 saturated heterocycles. The van der Waals surface area contributed by atoms with Gasteiger partial charge >= 0.3 is 12.3 Å². The van der Waals surface area contributed by atoms with E-state index in [-0.39, 0.29) is 31.1 Å². The number of carboxylic acid groups (broad SMARTS) is 1. The van der Waals surface area contributed by atoms with E-state index in [1.807, 2.05) is 0 Å². The molecule has 10 heteroatoms. The van der Waals surface area contributed by atoms with Crippen molar-refractivity contribution in [2.45, 2.75) is 31.7 Å². The van der Waals surface area contributed by atoms with Gasteiger partial charge in [-0.05, 0) is 29.5 Å². The number of fused-ring (bicyclic) bond motifs is 1. The van der Waals surface area contributed by atoms with Gasteiger partial charge < -0.3 is 14.7 Å². The second-order valence-electron chi connectivity index (χ2n) is 7.53. The van der Waals surface area contributed by atoms with Crippen molar-refractivity contribution in [3.05, 3.63) is 58.2 Å². The average molecular weight is 438 g/mol. The number of benzene rings is 2. The molecule has 31 heavy (non-hydrogen) atoms. The molecule has 0 unspecified atom stereocenters. The summed E-state index contributed by atoms with van der Waals surface area (Å²) in [5, 5.41) is 18.1. The number of anilines is 1. The van der Waals surface area contributed by atoms with Crippen LogP contribution in [0, 0.1) is 28.9 Å². The fourth-order valence-corrected chi connectivity index (χ4v) is 4.02. The van der Waals surface area contributed by atoms with Crippen molar-refractivity contribution in [1.82, 2.24) is 0 Å². The SMILES string of the molecule is N#Cc1cc(OC(F)(F)F)cc(N2CCc3c(ccc([C@H]4C[C@@H]4C(=O)O)c3F)C2)c1F. The third kappa shape index (κ3) is 4.00. The normalized spacial score (nSPS) is 20.1. The van der Waals surface area contributed by atoms with Gasteiger partial charge in [-0.2, -0.15) is 5.26 Å². The summed E-state index contributed by atoms with van der Waals surface area (Å²) >= 11 is 0. The first-order valence-electron chi connectivity index (χ1n) is 9.36. The van der Waals surface area contributed by atoms with E-state index in [2.05, 4.69) is 4.74 Å². The monoisotopic (exact) mass is 438 g/mol. The van der Waals surface area contributed by atoms with Gasteiger partial charge in [-0.25, -0.2) is 8.78 Å². The van der Waals surface area contributed by atoms with E-state index in [0.717, 1.165) is 6.07 Å². The Bertz CT molecular complexity index is 1110. The van der Waals surface area contributed by atoms with Crippen LogP contribution in [0.5, 0.6) is 5.75 Å². The zero-order valence-corrected chi connectivity index (χ0v) is 15.8. The molecule has 2 aromatic carbocycles. The molecule has 0 bridgehead atoms. The van der Waals surface area contributed by atoms with E-state index in [0.29, 0.717) is 29.2 Å². The molecule has 0 aromatic heterocycles. The van der Waals surface area contributed by atoms with Gasteiger partial charge in [-0.3, -0.25) is 4.79 Å². The maximum atomic E-state index is 15.0. The Morgan fingerprint density at radius 3 is 2.58 bits per heavy atom. The number of hydrogen-bond acceptors (Lipinski definition) is 4. The minimum atomic E-state index is -5.01. The second kappa shape index (κ2) is 7.41. The van der Waals surface area contributed by atoms with Gasteiger partial charge in [0.15, 0.2) is 5.82 Å². The molecule has 1 aliphatic carbocycles. The lowest BCUT2D eigenvalue weighted by molar-refractivity contribution is -0.274. The van der Waals surface area contributed by atoms with Gasteiger partial charge in [-0.15, -0.1) is 13.2 Å². The van der Waals surface area contributed by atoms with Crippen LogP contribution in [0.4, 0.5) is 27.6 Å². The number of rotatable bonds is 4. The summed E-state index contributed by atoms with van der Waals surface area (Å²) in [6, 6.07) is 6.17. The summed E-state index contributed by atoms with van der Waals surface area (Å²) < 4.78 is 71.3. The molecule has 162 valence electrons. The fraction of sp³-hybridized carbons (Fsp3) is 0.333. The maximum absolute atomic E-state index is 15.0. The minimum absolute atomic E-state index is 0.0107. The summed E-state index contributed by atoms with van der Waals surface area (Å²) in [4.78, 5) is 12.5. The van der Waals surface area contributed by atoms with Crippen molar-refractivity contribution in [2.24, 2.45) is 5.92 Å². The number of hydrogen-bond donors (Lipinski definition) is 1. The van der Waals surface area contributed by atoms with E-state index in [9.17, 15) is 26.7 Å². The van der Waals surface area contributed by atoms with Crippen LogP contribution >= 0.6 is 0 Å². The summed E-state index contributed by atoms with van der Waals surface area (Å²) in [7, 11) is 0. The van der Waals surface area contributed by atoms with E-state index in [1.165, 1.54) is 17.0 Å². The number of nitriles is 1. The predicted octanol–water partition coefficient (Wildman–Crippen LogP) is 4.49. The van der Waals surface area contributed by atoms with E-state index in [1.54, 1.807) is 6.07 Å². The molecular formula is C21H15F5N2O3. The molecule has 0 amide bonds. The largest absolute Gasteiger partial charge is 0.573 e. The van der Waals surface area contributed by atoms with Crippen LogP contribution in [0.25, 0.3) is 0 Å². The molecule has 2 aromatic rings. The standard InChI is InChI=1S/C21H15F5N2O3/c22-18-11(8-27)5-12(31-21(24,25)26)6-17(18)28-4-3-13-10(9-28)1-2-14(19(13)23)15-7-16(15)20(29)30/h1-2,5-6,15-16H,3-4,7,9H2,(H,29,30)/t15-,16+/m1/s1. The molecule has 0 radical (unpaired) electrons. The summed E-state index contributed by atoms with van der Waals surface area (Å²) in [6.07, 6.45) is -4.50. The zero-order chi connectivity index (χ0) is 22.5. The zero-order valence-electron chi connectivity index (χ0n) is 15.8. The van der Waals surface area contributed by atoms with Gasteiger partial charge in [0.2, 0.25) is 0 Å². The second-order valence-corrected chi connectivity index (χ2v) is 7.53. The highest BCUT2D eigenvalue weighted by atomic mass is 19.4. The van der Waals surface area contributed by atoms with Crippen LogP contribution in [0.3, 0.4) is 0 Å². The highest BCUT2D eigenvalue weighted by molar-refractivity contribution is 5.75. The highest BCUT2D eigenvalue weighted by Gasteiger charge is 2.46. The number of aliphatic carboxylic acids is 1. The van der Waals surface area contributed by atoms with Crippen molar-refractivity contribution in [2.75, 3.05) is 11.4 Å². The molecule has 1 aliphatic heterocycles. The summed E-state index contributed by atoms with van der Waals surface area (Å²) in [5.74, 6) is -4.16. The third-order valence-corrected chi connectivity index (χ3v) is 5.59. The third-order valence-electron chi connectivity index (χ3n) is 5.59. The molecule has 0 spiro atoms. The Hall–Kier alpha value is -3.35. The maximum Gasteiger partial charge on any atom is 0.573 e. The van der Waals surface area contributed by atoms with Gasteiger partial charge in [0.25, 0.3) is 0 Å². The number of carbonyl (C=O) groups is 1. The summed E-state index contributed by atoms with van der Waals surface area (Å²) in [5.41, 5.74) is 0.380. The molecule has 2 atom stereocenters. The Kier molecular flexibility index (Phi) is 5.00. The quantitative estimate of drug-likeness (QED) is 0.713. The van der Waals surface area contributed by atoms with E-state index < -0.39 is 41.2 Å². The lowest BCUT2D eigenvalue weighted by Crippen LogP contribution is -2.32. The predicted molar refractivity (Wildman–Crippen MR) is 97.4 cm³/mol. The van der Waals surface area contributed by atoms with Crippen LogP contribution < -0.4 is 9.64 Å². The topological polar surface area (TPSA) is 73.6 Å².